The van der Waals surface area contributed by atoms with Crippen LogP contribution in [0.4, 0.5) is 0 Å². The van der Waals surface area contributed by atoms with Gasteiger partial charge in [0.25, 0.3) is 0 Å². The van der Waals surface area contributed by atoms with E-state index in [0.717, 1.165) is 12.0 Å². The molecule has 1 nitrogen and oxygen atoms in total. The number of hydrogen-bond donors (Lipinski definition) is 0. The highest BCUT2D eigenvalue weighted by atomic mass is 16.5. The topological polar surface area (TPSA) is 9.23 Å². The summed E-state index contributed by atoms with van der Waals surface area (Å²) in [6.07, 6.45) is 3.05. The van der Waals surface area contributed by atoms with E-state index in [1.807, 2.05) is 19.9 Å². The fraction of sp³-hybridized carbons (Fsp3) is 0.556. The number of ether oxygens (including phenoxy) is 1. The molecule has 0 bridgehead atoms. The van der Waals surface area contributed by atoms with Crippen molar-refractivity contribution in [2.45, 2.75) is 26.4 Å². The first-order valence-electron chi connectivity index (χ1n) is 3.53. The second-order valence-electron chi connectivity index (χ2n) is 2.60. The Kier molecular flexibility index (Phi) is 4.95. The van der Waals surface area contributed by atoms with Crippen LogP contribution in [0.2, 0.25) is 0 Å². The SMILES string of the molecule is C=CCC(C)OCC(=C)C. The second-order valence-corrected chi connectivity index (χ2v) is 2.60. The summed E-state index contributed by atoms with van der Waals surface area (Å²) in [5.74, 6) is 0. The van der Waals surface area contributed by atoms with Gasteiger partial charge in [-0.15, -0.1) is 6.58 Å². The van der Waals surface area contributed by atoms with Crippen LogP contribution in [0.3, 0.4) is 0 Å². The summed E-state index contributed by atoms with van der Waals surface area (Å²) >= 11 is 0. The number of hydrogen-bond acceptors (Lipinski definition) is 1. The maximum Gasteiger partial charge on any atom is 0.0675 e. The molecule has 0 aliphatic carbocycles. The largest absolute Gasteiger partial charge is 0.374 e. The van der Waals surface area contributed by atoms with Crippen molar-refractivity contribution in [3.05, 3.63) is 24.8 Å². The highest BCUT2D eigenvalue weighted by molar-refractivity contribution is 4.88. The first-order valence-corrected chi connectivity index (χ1v) is 3.53. The van der Waals surface area contributed by atoms with Crippen LogP contribution < -0.4 is 0 Å². The Morgan fingerprint density at radius 3 is 2.70 bits per heavy atom. The van der Waals surface area contributed by atoms with Crippen LogP contribution in [0.1, 0.15) is 20.3 Å². The minimum atomic E-state index is 0.272. The molecule has 1 heteroatoms. The van der Waals surface area contributed by atoms with E-state index < -0.39 is 0 Å². The van der Waals surface area contributed by atoms with Crippen molar-refractivity contribution in [3.63, 3.8) is 0 Å². The van der Waals surface area contributed by atoms with E-state index >= 15 is 0 Å². The predicted octanol–water partition coefficient (Wildman–Crippen LogP) is 2.54. The van der Waals surface area contributed by atoms with Gasteiger partial charge in [0.05, 0.1) is 12.7 Å². The molecule has 0 radical (unpaired) electrons. The third-order valence-corrected chi connectivity index (χ3v) is 1.11. The normalized spacial score (nSPS) is 12.6. The molecule has 1 atom stereocenters. The molecule has 10 heavy (non-hydrogen) atoms. The average Bonchev–Trinajstić information content (AvgIpc) is 1.85. The zero-order valence-corrected chi connectivity index (χ0v) is 6.89. The van der Waals surface area contributed by atoms with Crippen molar-refractivity contribution >= 4 is 0 Å². The molecule has 0 aromatic rings. The molecule has 0 N–H and O–H groups in total. The molecule has 0 aliphatic rings. The van der Waals surface area contributed by atoms with Gasteiger partial charge in [-0.3, -0.25) is 0 Å². The van der Waals surface area contributed by atoms with Gasteiger partial charge in [0.1, 0.15) is 0 Å². The lowest BCUT2D eigenvalue weighted by Crippen LogP contribution is -2.07. The maximum atomic E-state index is 5.37. The van der Waals surface area contributed by atoms with E-state index in [1.165, 1.54) is 0 Å². The first kappa shape index (κ1) is 9.44. The van der Waals surface area contributed by atoms with Gasteiger partial charge in [-0.2, -0.15) is 0 Å². The molecule has 0 aromatic carbocycles. The highest BCUT2D eigenvalue weighted by Crippen LogP contribution is 1.99. The third kappa shape index (κ3) is 5.57. The highest BCUT2D eigenvalue weighted by Gasteiger charge is 1.97. The fourth-order valence-corrected chi connectivity index (χ4v) is 0.587. The Morgan fingerprint density at radius 2 is 2.30 bits per heavy atom. The summed E-state index contributed by atoms with van der Waals surface area (Å²) in [6.45, 7) is 12.0. The van der Waals surface area contributed by atoms with Gasteiger partial charge in [-0.1, -0.05) is 18.2 Å². The van der Waals surface area contributed by atoms with Crippen LogP contribution in [0.25, 0.3) is 0 Å². The van der Waals surface area contributed by atoms with Crippen molar-refractivity contribution in [1.29, 1.82) is 0 Å². The molecular weight excluding hydrogens is 124 g/mol. The molecule has 0 saturated carbocycles. The van der Waals surface area contributed by atoms with Crippen molar-refractivity contribution in [2.24, 2.45) is 0 Å². The van der Waals surface area contributed by atoms with Crippen LogP contribution in [0, 0.1) is 0 Å². The molecule has 58 valence electrons. The van der Waals surface area contributed by atoms with Crippen LogP contribution >= 0.6 is 0 Å². The summed E-state index contributed by atoms with van der Waals surface area (Å²) in [5, 5.41) is 0. The lowest BCUT2D eigenvalue weighted by Gasteiger charge is -2.09. The summed E-state index contributed by atoms with van der Waals surface area (Å²) in [6, 6.07) is 0. The van der Waals surface area contributed by atoms with Crippen LogP contribution in [0.5, 0.6) is 0 Å². The Bertz CT molecular complexity index is 116. The molecule has 0 aliphatic heterocycles. The quantitative estimate of drug-likeness (QED) is 0.533. The molecule has 0 spiro atoms. The van der Waals surface area contributed by atoms with Crippen molar-refractivity contribution in [1.82, 2.24) is 0 Å². The van der Waals surface area contributed by atoms with Gasteiger partial charge < -0.3 is 4.74 Å². The monoisotopic (exact) mass is 140 g/mol. The fourth-order valence-electron chi connectivity index (χ4n) is 0.587. The Labute approximate surface area is 63.4 Å². The van der Waals surface area contributed by atoms with E-state index in [0.29, 0.717) is 6.61 Å². The lowest BCUT2D eigenvalue weighted by molar-refractivity contribution is 0.0861. The van der Waals surface area contributed by atoms with Gasteiger partial charge >= 0.3 is 0 Å². The molecule has 1 unspecified atom stereocenters. The summed E-state index contributed by atoms with van der Waals surface area (Å²) in [5.41, 5.74) is 1.07. The van der Waals surface area contributed by atoms with Crippen molar-refractivity contribution in [2.75, 3.05) is 6.61 Å². The minimum absolute atomic E-state index is 0.272. The Balaban J connectivity index is 3.29. The Hall–Kier alpha value is -0.560. The molecule has 0 heterocycles. The van der Waals surface area contributed by atoms with E-state index in [1.54, 1.807) is 0 Å². The van der Waals surface area contributed by atoms with Crippen LogP contribution in [0.15, 0.2) is 24.8 Å². The Morgan fingerprint density at radius 1 is 1.70 bits per heavy atom. The zero-order chi connectivity index (χ0) is 7.98. The van der Waals surface area contributed by atoms with E-state index in [2.05, 4.69) is 13.2 Å². The standard InChI is InChI=1S/C9H16O/c1-5-6-9(4)10-7-8(2)3/h5,9H,1-2,6-7H2,3-4H3. The first-order chi connectivity index (χ1) is 4.66. The van der Waals surface area contributed by atoms with Gasteiger partial charge in [0.15, 0.2) is 0 Å². The summed E-state index contributed by atoms with van der Waals surface area (Å²) < 4.78 is 5.37. The minimum Gasteiger partial charge on any atom is -0.374 e. The summed E-state index contributed by atoms with van der Waals surface area (Å²) in [4.78, 5) is 0. The van der Waals surface area contributed by atoms with Gasteiger partial charge in [-0.25, -0.2) is 0 Å². The molecule has 0 aromatic heterocycles. The van der Waals surface area contributed by atoms with Gasteiger partial charge in [-0.05, 0) is 20.3 Å². The van der Waals surface area contributed by atoms with Crippen LogP contribution in [-0.2, 0) is 4.74 Å². The van der Waals surface area contributed by atoms with Crippen LogP contribution in [-0.4, -0.2) is 12.7 Å². The van der Waals surface area contributed by atoms with E-state index in [9.17, 15) is 0 Å². The third-order valence-electron chi connectivity index (χ3n) is 1.11. The molecule has 0 rings (SSSR count). The average molecular weight is 140 g/mol. The van der Waals surface area contributed by atoms with Crippen molar-refractivity contribution in [3.8, 4) is 0 Å². The predicted molar refractivity (Wildman–Crippen MR) is 45.0 cm³/mol. The molecular formula is C9H16O. The smallest absolute Gasteiger partial charge is 0.0675 e. The molecule has 0 amide bonds. The summed E-state index contributed by atoms with van der Waals surface area (Å²) in [7, 11) is 0. The number of rotatable bonds is 5. The zero-order valence-electron chi connectivity index (χ0n) is 6.89. The van der Waals surface area contributed by atoms with E-state index in [4.69, 9.17) is 4.74 Å². The van der Waals surface area contributed by atoms with E-state index in [-0.39, 0.29) is 6.10 Å². The van der Waals surface area contributed by atoms with Gasteiger partial charge in [0.2, 0.25) is 0 Å². The maximum absolute atomic E-state index is 5.37. The van der Waals surface area contributed by atoms with Crippen molar-refractivity contribution < 1.29 is 4.74 Å². The van der Waals surface area contributed by atoms with Gasteiger partial charge in [0, 0.05) is 0 Å². The molecule has 0 fully saturated rings. The second kappa shape index (κ2) is 5.24. The molecule has 0 saturated heterocycles. The lowest BCUT2D eigenvalue weighted by atomic mass is 10.3.